The van der Waals surface area contributed by atoms with Gasteiger partial charge in [0.1, 0.15) is 0 Å². The first kappa shape index (κ1) is 9.42. The Bertz CT molecular complexity index is 580. The predicted octanol–water partition coefficient (Wildman–Crippen LogP) is 2.28. The van der Waals surface area contributed by atoms with Gasteiger partial charge in [0.25, 0.3) is 0 Å². The third-order valence-corrected chi connectivity index (χ3v) is 4.15. The van der Waals surface area contributed by atoms with Crippen molar-refractivity contribution in [3.63, 3.8) is 0 Å². The van der Waals surface area contributed by atoms with E-state index in [1.54, 1.807) is 0 Å². The topological polar surface area (TPSA) is 50.9 Å². The summed E-state index contributed by atoms with van der Waals surface area (Å²) >= 11 is 0. The summed E-state index contributed by atoms with van der Waals surface area (Å²) in [6.45, 7) is 0. The van der Waals surface area contributed by atoms with E-state index in [1.165, 1.54) is 16.5 Å². The Morgan fingerprint density at radius 3 is 2.76 bits per heavy atom. The molecule has 3 fully saturated rings. The van der Waals surface area contributed by atoms with Gasteiger partial charge in [-0.3, -0.25) is 4.98 Å². The van der Waals surface area contributed by atoms with Crippen molar-refractivity contribution < 1.29 is 0 Å². The molecule has 3 N–H and O–H groups in total. The molecule has 17 heavy (non-hydrogen) atoms. The molecular formula is C14H15N3. The normalized spacial score (nSPS) is 33.9. The molecule has 0 atom stereocenters. The number of rotatable bonds is 2. The Kier molecular flexibility index (Phi) is 1.55. The first-order chi connectivity index (χ1) is 8.18. The van der Waals surface area contributed by atoms with E-state index in [1.807, 2.05) is 12.4 Å². The Hall–Kier alpha value is -1.61. The van der Waals surface area contributed by atoms with Crippen LogP contribution in [0.5, 0.6) is 0 Å². The Morgan fingerprint density at radius 2 is 2.00 bits per heavy atom. The molecule has 0 aliphatic heterocycles. The van der Waals surface area contributed by atoms with Gasteiger partial charge in [0.05, 0.1) is 0 Å². The van der Waals surface area contributed by atoms with Gasteiger partial charge in [0.2, 0.25) is 0 Å². The summed E-state index contributed by atoms with van der Waals surface area (Å²) in [5.74, 6) is 0. The van der Waals surface area contributed by atoms with Gasteiger partial charge in [0, 0.05) is 39.9 Å². The van der Waals surface area contributed by atoms with Crippen LogP contribution in [0, 0.1) is 0 Å². The lowest BCUT2D eigenvalue weighted by Gasteiger charge is -2.69. The maximum Gasteiger partial charge on any atom is 0.0426 e. The summed E-state index contributed by atoms with van der Waals surface area (Å²) in [5, 5.41) is 6.12. The van der Waals surface area contributed by atoms with Crippen molar-refractivity contribution in [2.45, 2.75) is 30.3 Å². The molecule has 0 amide bonds. The van der Waals surface area contributed by atoms with Crippen LogP contribution in [0.1, 0.15) is 19.3 Å². The summed E-state index contributed by atoms with van der Waals surface area (Å²) < 4.78 is 0. The zero-order chi connectivity index (χ0) is 11.5. The molecule has 3 aliphatic rings. The molecule has 5 rings (SSSR count). The smallest absolute Gasteiger partial charge is 0.0426 e. The molecule has 2 aromatic rings. The predicted molar refractivity (Wildman–Crippen MR) is 68.9 cm³/mol. The standard InChI is InChI=1S/C14H15N3/c15-13-7-14(8-13,9-13)17-12-3-1-2-10-6-16-5-4-11(10)12/h1-6,17H,7-9,15H2. The molecule has 0 radical (unpaired) electrons. The summed E-state index contributed by atoms with van der Waals surface area (Å²) in [4.78, 5) is 4.16. The van der Waals surface area contributed by atoms with Crippen LogP contribution in [0.3, 0.4) is 0 Å². The molecule has 3 nitrogen and oxygen atoms in total. The molecule has 1 aromatic carbocycles. The molecule has 3 aliphatic carbocycles. The van der Waals surface area contributed by atoms with Crippen LogP contribution in [0.15, 0.2) is 36.7 Å². The fourth-order valence-electron chi connectivity index (χ4n) is 3.52. The van der Waals surface area contributed by atoms with Crippen LogP contribution in [0.4, 0.5) is 5.69 Å². The van der Waals surface area contributed by atoms with E-state index in [9.17, 15) is 0 Å². The van der Waals surface area contributed by atoms with Crippen molar-refractivity contribution in [2.24, 2.45) is 5.73 Å². The van der Waals surface area contributed by atoms with Crippen molar-refractivity contribution >= 4 is 16.5 Å². The lowest BCUT2D eigenvalue weighted by Crippen LogP contribution is -2.79. The number of hydrogen-bond donors (Lipinski definition) is 2. The van der Waals surface area contributed by atoms with E-state index < -0.39 is 0 Å². The SMILES string of the molecule is NC12CC(Nc3cccc4cnccc34)(C1)C2. The van der Waals surface area contributed by atoms with Crippen LogP contribution in [-0.2, 0) is 0 Å². The zero-order valence-corrected chi connectivity index (χ0v) is 9.61. The third-order valence-electron chi connectivity index (χ3n) is 4.15. The summed E-state index contributed by atoms with van der Waals surface area (Å²) in [6, 6.07) is 8.39. The molecular weight excluding hydrogens is 210 g/mol. The van der Waals surface area contributed by atoms with E-state index in [0.717, 1.165) is 19.3 Å². The van der Waals surface area contributed by atoms with Crippen LogP contribution in [0.25, 0.3) is 10.8 Å². The maximum atomic E-state index is 6.09. The lowest BCUT2D eigenvalue weighted by molar-refractivity contribution is -0.0317. The molecule has 3 heteroatoms. The number of anilines is 1. The van der Waals surface area contributed by atoms with Crippen LogP contribution >= 0.6 is 0 Å². The number of benzene rings is 1. The number of aromatic nitrogens is 1. The van der Waals surface area contributed by atoms with Crippen molar-refractivity contribution in [1.82, 2.24) is 4.98 Å². The van der Waals surface area contributed by atoms with Crippen LogP contribution < -0.4 is 11.1 Å². The average molecular weight is 225 g/mol. The molecule has 0 unspecified atom stereocenters. The summed E-state index contributed by atoms with van der Waals surface area (Å²) in [7, 11) is 0. The largest absolute Gasteiger partial charge is 0.379 e. The van der Waals surface area contributed by atoms with Gasteiger partial charge in [-0.15, -0.1) is 0 Å². The third kappa shape index (κ3) is 1.23. The lowest BCUT2D eigenvalue weighted by atomic mass is 9.44. The summed E-state index contributed by atoms with van der Waals surface area (Å²) in [6.07, 6.45) is 7.09. The van der Waals surface area contributed by atoms with E-state index in [2.05, 4.69) is 34.6 Å². The van der Waals surface area contributed by atoms with Crippen molar-refractivity contribution in [3.05, 3.63) is 36.7 Å². The van der Waals surface area contributed by atoms with E-state index in [4.69, 9.17) is 5.73 Å². The van der Waals surface area contributed by atoms with Gasteiger partial charge in [-0.1, -0.05) is 12.1 Å². The number of pyridine rings is 1. The summed E-state index contributed by atoms with van der Waals surface area (Å²) in [5.41, 5.74) is 7.74. The minimum Gasteiger partial charge on any atom is -0.379 e. The highest BCUT2D eigenvalue weighted by Gasteiger charge is 2.66. The Morgan fingerprint density at radius 1 is 1.18 bits per heavy atom. The second kappa shape index (κ2) is 2.79. The average Bonchev–Trinajstić information content (AvgIpc) is 2.26. The Labute approximate surface area is 100 Å². The van der Waals surface area contributed by atoms with Gasteiger partial charge in [-0.05, 0) is 31.4 Å². The number of fused-ring (bicyclic) bond motifs is 1. The molecule has 0 saturated heterocycles. The minimum atomic E-state index is 0.152. The fraction of sp³-hybridized carbons (Fsp3) is 0.357. The molecule has 0 spiro atoms. The van der Waals surface area contributed by atoms with Crippen molar-refractivity contribution in [2.75, 3.05) is 5.32 Å². The quantitative estimate of drug-likeness (QED) is 0.824. The van der Waals surface area contributed by atoms with Gasteiger partial charge < -0.3 is 11.1 Å². The monoisotopic (exact) mass is 225 g/mol. The van der Waals surface area contributed by atoms with E-state index in [-0.39, 0.29) is 11.1 Å². The molecule has 1 aromatic heterocycles. The maximum absolute atomic E-state index is 6.09. The number of nitrogens with two attached hydrogens (primary N) is 1. The zero-order valence-electron chi connectivity index (χ0n) is 9.61. The van der Waals surface area contributed by atoms with Crippen molar-refractivity contribution in [1.29, 1.82) is 0 Å². The molecule has 86 valence electrons. The fourth-order valence-corrected chi connectivity index (χ4v) is 3.52. The number of hydrogen-bond acceptors (Lipinski definition) is 3. The molecule has 3 saturated carbocycles. The number of nitrogens with one attached hydrogen (secondary N) is 1. The minimum absolute atomic E-state index is 0.152. The van der Waals surface area contributed by atoms with Gasteiger partial charge in [0.15, 0.2) is 0 Å². The second-order valence-corrected chi connectivity index (χ2v) is 5.70. The highest BCUT2D eigenvalue weighted by molar-refractivity contribution is 5.93. The second-order valence-electron chi connectivity index (χ2n) is 5.70. The highest BCUT2D eigenvalue weighted by Crippen LogP contribution is 2.60. The molecule has 2 bridgehead atoms. The van der Waals surface area contributed by atoms with E-state index in [0.29, 0.717) is 0 Å². The van der Waals surface area contributed by atoms with Crippen LogP contribution in [-0.4, -0.2) is 16.1 Å². The number of nitrogens with zero attached hydrogens (tertiary/aromatic N) is 1. The first-order valence-corrected chi connectivity index (χ1v) is 6.08. The van der Waals surface area contributed by atoms with E-state index >= 15 is 0 Å². The van der Waals surface area contributed by atoms with Crippen molar-refractivity contribution in [3.8, 4) is 0 Å². The van der Waals surface area contributed by atoms with Crippen LogP contribution in [0.2, 0.25) is 0 Å². The first-order valence-electron chi connectivity index (χ1n) is 6.08. The highest BCUT2D eigenvalue weighted by atomic mass is 15.1. The molecule has 1 heterocycles. The van der Waals surface area contributed by atoms with Gasteiger partial charge >= 0.3 is 0 Å². The van der Waals surface area contributed by atoms with Gasteiger partial charge in [-0.2, -0.15) is 0 Å². The Balaban J connectivity index is 1.72. The van der Waals surface area contributed by atoms with Gasteiger partial charge in [-0.25, -0.2) is 0 Å².